The summed E-state index contributed by atoms with van der Waals surface area (Å²) in [4.78, 5) is 11.4. The average molecular weight is 205 g/mol. The molecule has 1 aromatic carbocycles. The van der Waals surface area contributed by atoms with E-state index in [-0.39, 0.29) is 6.09 Å². The molecule has 80 valence electrons. The minimum absolute atomic E-state index is 0.302. The van der Waals surface area contributed by atoms with E-state index in [0.29, 0.717) is 11.8 Å². The molecule has 3 nitrogen and oxygen atoms in total. The predicted octanol–water partition coefficient (Wildman–Crippen LogP) is 2.57. The lowest BCUT2D eigenvalue weighted by Crippen LogP contribution is -2.44. The summed E-state index contributed by atoms with van der Waals surface area (Å²) in [6.07, 6.45) is 1.77. The number of ether oxygens (including phenoxy) is 1. The number of amides is 1. The molecule has 1 saturated carbocycles. The number of benzene rings is 1. The molecule has 1 fully saturated rings. The van der Waals surface area contributed by atoms with Crippen LogP contribution in [0.25, 0.3) is 0 Å². The summed E-state index contributed by atoms with van der Waals surface area (Å²) in [5.41, 5.74) is 0. The number of hydrogen-bond acceptors (Lipinski definition) is 2. The molecule has 1 aliphatic carbocycles. The molecule has 1 N–H and O–H groups in total. The number of rotatable bonds is 2. The number of nitrogens with one attached hydrogen (secondary N) is 1. The van der Waals surface area contributed by atoms with E-state index in [1.807, 2.05) is 18.2 Å². The third-order valence-corrected chi connectivity index (χ3v) is 2.65. The first-order chi connectivity index (χ1) is 7.24. The summed E-state index contributed by atoms with van der Waals surface area (Å²) in [5.74, 6) is 1.31. The Morgan fingerprint density at radius 2 is 2.00 bits per heavy atom. The molecule has 0 spiro atoms. The van der Waals surface area contributed by atoms with Crippen molar-refractivity contribution in [3.63, 3.8) is 0 Å². The summed E-state index contributed by atoms with van der Waals surface area (Å²) in [7, 11) is 0. The minimum Gasteiger partial charge on any atom is -0.410 e. The molecule has 0 aromatic heterocycles. The molecule has 0 heterocycles. The lowest BCUT2D eigenvalue weighted by Gasteiger charge is -2.32. The molecule has 1 aromatic rings. The zero-order valence-corrected chi connectivity index (χ0v) is 8.77. The zero-order valence-electron chi connectivity index (χ0n) is 8.77. The maximum absolute atomic E-state index is 11.4. The van der Waals surface area contributed by atoms with Crippen LogP contribution >= 0.6 is 0 Å². The molecule has 0 atom stereocenters. The molecular formula is C12H15NO2. The zero-order chi connectivity index (χ0) is 10.7. The van der Waals surface area contributed by atoms with Crippen LogP contribution in [0.3, 0.4) is 0 Å². The highest BCUT2D eigenvalue weighted by Gasteiger charge is 2.27. The number of hydrogen-bond donors (Lipinski definition) is 1. The van der Waals surface area contributed by atoms with Gasteiger partial charge >= 0.3 is 6.09 Å². The number of carbonyl (C=O) groups excluding carboxylic acids is 1. The van der Waals surface area contributed by atoms with E-state index in [0.717, 1.165) is 18.8 Å². The van der Waals surface area contributed by atoms with Crippen molar-refractivity contribution in [1.29, 1.82) is 0 Å². The second kappa shape index (κ2) is 4.34. The number of carbonyl (C=O) groups is 1. The standard InChI is InChI=1S/C12H15NO2/c1-9-7-10(8-9)13-12(14)15-11-5-3-2-4-6-11/h2-6,9-10H,7-8H2,1H3,(H,13,14). The highest BCUT2D eigenvalue weighted by atomic mass is 16.6. The smallest absolute Gasteiger partial charge is 0.410 e. The van der Waals surface area contributed by atoms with Crippen LogP contribution in [0.2, 0.25) is 0 Å². The van der Waals surface area contributed by atoms with E-state index in [4.69, 9.17) is 4.74 Å². The van der Waals surface area contributed by atoms with Crippen LogP contribution in [-0.4, -0.2) is 12.1 Å². The fourth-order valence-corrected chi connectivity index (χ4v) is 1.81. The Bertz CT molecular complexity index is 331. The second-order valence-electron chi connectivity index (χ2n) is 4.12. The molecule has 15 heavy (non-hydrogen) atoms. The molecule has 1 aliphatic rings. The van der Waals surface area contributed by atoms with Crippen LogP contribution in [0.5, 0.6) is 5.75 Å². The minimum atomic E-state index is -0.349. The first-order valence-electron chi connectivity index (χ1n) is 5.27. The quantitative estimate of drug-likeness (QED) is 0.805. The monoisotopic (exact) mass is 205 g/mol. The van der Waals surface area contributed by atoms with E-state index in [1.54, 1.807) is 12.1 Å². The van der Waals surface area contributed by atoms with Gasteiger partial charge in [0, 0.05) is 6.04 Å². The Morgan fingerprint density at radius 1 is 1.33 bits per heavy atom. The van der Waals surface area contributed by atoms with Gasteiger partial charge < -0.3 is 10.1 Å². The predicted molar refractivity (Wildman–Crippen MR) is 57.8 cm³/mol. The SMILES string of the molecule is CC1CC(NC(=O)Oc2ccccc2)C1. The second-order valence-corrected chi connectivity index (χ2v) is 4.12. The molecule has 0 bridgehead atoms. The van der Waals surface area contributed by atoms with Crippen molar-refractivity contribution in [1.82, 2.24) is 5.32 Å². The highest BCUT2D eigenvalue weighted by Crippen LogP contribution is 2.26. The van der Waals surface area contributed by atoms with Crippen molar-refractivity contribution >= 4 is 6.09 Å². The Labute approximate surface area is 89.4 Å². The van der Waals surface area contributed by atoms with Gasteiger partial charge in [-0.1, -0.05) is 25.1 Å². The van der Waals surface area contributed by atoms with E-state index in [9.17, 15) is 4.79 Å². The summed E-state index contributed by atoms with van der Waals surface area (Å²) >= 11 is 0. The normalized spacial score (nSPS) is 24.1. The molecular weight excluding hydrogens is 190 g/mol. The van der Waals surface area contributed by atoms with Gasteiger partial charge in [-0.15, -0.1) is 0 Å². The maximum atomic E-state index is 11.4. The molecule has 0 aliphatic heterocycles. The van der Waals surface area contributed by atoms with Gasteiger partial charge in [-0.2, -0.15) is 0 Å². The Hall–Kier alpha value is -1.51. The summed E-state index contributed by atoms with van der Waals surface area (Å²) in [5, 5.41) is 2.83. The van der Waals surface area contributed by atoms with Crippen molar-refractivity contribution in [2.45, 2.75) is 25.8 Å². The molecule has 0 unspecified atom stereocenters. The third kappa shape index (κ3) is 2.72. The van der Waals surface area contributed by atoms with Crippen LogP contribution < -0.4 is 10.1 Å². The first kappa shape index (κ1) is 10.0. The summed E-state index contributed by atoms with van der Waals surface area (Å²) in [6, 6.07) is 9.41. The van der Waals surface area contributed by atoms with E-state index in [1.165, 1.54) is 0 Å². The Balaban J connectivity index is 1.78. The topological polar surface area (TPSA) is 38.3 Å². The Kier molecular flexibility index (Phi) is 2.90. The van der Waals surface area contributed by atoms with Crippen molar-refractivity contribution < 1.29 is 9.53 Å². The molecule has 2 rings (SSSR count). The van der Waals surface area contributed by atoms with E-state index >= 15 is 0 Å². The highest BCUT2D eigenvalue weighted by molar-refractivity contribution is 5.70. The van der Waals surface area contributed by atoms with E-state index in [2.05, 4.69) is 12.2 Å². The van der Waals surface area contributed by atoms with Gasteiger partial charge in [-0.25, -0.2) is 4.79 Å². The summed E-state index contributed by atoms with van der Waals surface area (Å²) in [6.45, 7) is 2.18. The van der Waals surface area contributed by atoms with Crippen molar-refractivity contribution in [2.24, 2.45) is 5.92 Å². The van der Waals surface area contributed by atoms with Gasteiger partial charge in [0.25, 0.3) is 0 Å². The molecule has 0 radical (unpaired) electrons. The lowest BCUT2D eigenvalue weighted by molar-refractivity contribution is 0.176. The Morgan fingerprint density at radius 3 is 2.60 bits per heavy atom. The maximum Gasteiger partial charge on any atom is 0.412 e. The van der Waals surface area contributed by atoms with Gasteiger partial charge in [0.15, 0.2) is 0 Å². The van der Waals surface area contributed by atoms with Crippen LogP contribution in [0, 0.1) is 5.92 Å². The van der Waals surface area contributed by atoms with Gasteiger partial charge in [-0.3, -0.25) is 0 Å². The van der Waals surface area contributed by atoms with Gasteiger partial charge in [0.1, 0.15) is 5.75 Å². The summed E-state index contributed by atoms with van der Waals surface area (Å²) < 4.78 is 5.11. The van der Waals surface area contributed by atoms with Crippen molar-refractivity contribution in [2.75, 3.05) is 0 Å². The van der Waals surface area contributed by atoms with E-state index < -0.39 is 0 Å². The molecule has 3 heteroatoms. The van der Waals surface area contributed by atoms with Crippen LogP contribution in [0.15, 0.2) is 30.3 Å². The van der Waals surface area contributed by atoms with Crippen molar-refractivity contribution in [3.8, 4) is 5.75 Å². The van der Waals surface area contributed by atoms with Gasteiger partial charge in [-0.05, 0) is 30.9 Å². The van der Waals surface area contributed by atoms with Gasteiger partial charge in [0.2, 0.25) is 0 Å². The molecule has 1 amide bonds. The lowest BCUT2D eigenvalue weighted by atomic mass is 9.82. The first-order valence-corrected chi connectivity index (χ1v) is 5.27. The van der Waals surface area contributed by atoms with Crippen LogP contribution in [0.4, 0.5) is 4.79 Å². The van der Waals surface area contributed by atoms with Gasteiger partial charge in [0.05, 0.1) is 0 Å². The largest absolute Gasteiger partial charge is 0.412 e. The fraction of sp³-hybridized carbons (Fsp3) is 0.417. The van der Waals surface area contributed by atoms with Crippen LogP contribution in [0.1, 0.15) is 19.8 Å². The fourth-order valence-electron chi connectivity index (χ4n) is 1.81. The average Bonchev–Trinajstić information content (AvgIpc) is 2.17. The third-order valence-electron chi connectivity index (χ3n) is 2.65. The molecule has 0 saturated heterocycles. The number of para-hydroxylation sites is 1. The van der Waals surface area contributed by atoms with Crippen molar-refractivity contribution in [3.05, 3.63) is 30.3 Å². The van der Waals surface area contributed by atoms with Crippen LogP contribution in [-0.2, 0) is 0 Å².